The van der Waals surface area contributed by atoms with Gasteiger partial charge in [0, 0.05) is 44.1 Å². The highest BCUT2D eigenvalue weighted by atomic mass is 32.2. The largest absolute Gasteiger partial charge is 0.379 e. The average Bonchev–Trinajstić information content (AvgIpc) is 3.02. The van der Waals surface area contributed by atoms with Gasteiger partial charge in [-0.3, -0.25) is 4.90 Å². The Morgan fingerprint density at radius 2 is 1.72 bits per heavy atom. The number of sulfonamides is 1. The van der Waals surface area contributed by atoms with Gasteiger partial charge < -0.3 is 9.64 Å². The molecule has 0 atom stereocenters. The number of aryl methyl sites for hydroxylation is 2. The van der Waals surface area contributed by atoms with Crippen molar-refractivity contribution in [2.75, 3.05) is 63.1 Å². The van der Waals surface area contributed by atoms with Crippen LogP contribution in [0.15, 0.2) is 0 Å². The number of morpholine rings is 1. The van der Waals surface area contributed by atoms with Crippen molar-refractivity contribution in [3.05, 3.63) is 16.3 Å². The van der Waals surface area contributed by atoms with Crippen LogP contribution in [0.2, 0.25) is 0 Å². The SMILES string of the molecule is CCS(=O)(=O)N1CCN(c2nc(CN3CCOCC3)nc3sc(C)c(C)c23)CC1. The zero-order valence-corrected chi connectivity index (χ0v) is 19.0. The first kappa shape index (κ1) is 20.9. The molecule has 0 spiro atoms. The summed E-state index contributed by atoms with van der Waals surface area (Å²) >= 11 is 1.71. The third kappa shape index (κ3) is 4.27. The summed E-state index contributed by atoms with van der Waals surface area (Å²) in [6.07, 6.45) is 0. The maximum Gasteiger partial charge on any atom is 0.213 e. The lowest BCUT2D eigenvalue weighted by atomic mass is 10.2. The number of piperazine rings is 1. The lowest BCUT2D eigenvalue weighted by molar-refractivity contribution is 0.0331. The van der Waals surface area contributed by atoms with E-state index in [2.05, 4.69) is 23.6 Å². The molecule has 4 rings (SSSR count). The second-order valence-corrected chi connectivity index (χ2v) is 11.1. The molecule has 8 nitrogen and oxygen atoms in total. The summed E-state index contributed by atoms with van der Waals surface area (Å²) < 4.78 is 31.5. The van der Waals surface area contributed by atoms with Crippen LogP contribution in [0.4, 0.5) is 5.82 Å². The fourth-order valence-electron chi connectivity index (χ4n) is 3.89. The Hall–Kier alpha value is -1.33. The summed E-state index contributed by atoms with van der Waals surface area (Å²) in [5.74, 6) is 1.94. The van der Waals surface area contributed by atoms with Gasteiger partial charge in [0.2, 0.25) is 10.0 Å². The first-order valence-electron chi connectivity index (χ1n) is 10.2. The second kappa shape index (κ2) is 8.43. The van der Waals surface area contributed by atoms with Gasteiger partial charge in [-0.05, 0) is 26.3 Å². The summed E-state index contributed by atoms with van der Waals surface area (Å²) in [7, 11) is -3.14. The molecule has 0 N–H and O–H groups in total. The number of ether oxygens (including phenoxy) is 1. The van der Waals surface area contributed by atoms with E-state index in [0.29, 0.717) is 32.7 Å². The van der Waals surface area contributed by atoms with Crippen LogP contribution < -0.4 is 4.90 Å². The van der Waals surface area contributed by atoms with Gasteiger partial charge in [0.1, 0.15) is 16.5 Å². The van der Waals surface area contributed by atoms with E-state index in [9.17, 15) is 8.42 Å². The van der Waals surface area contributed by atoms with Crippen LogP contribution in [0.3, 0.4) is 0 Å². The van der Waals surface area contributed by atoms with E-state index in [1.54, 1.807) is 22.6 Å². The maximum absolute atomic E-state index is 12.2. The van der Waals surface area contributed by atoms with Crippen molar-refractivity contribution >= 4 is 37.4 Å². The number of anilines is 1. The predicted molar refractivity (Wildman–Crippen MR) is 116 cm³/mol. The molecule has 2 aliphatic rings. The highest BCUT2D eigenvalue weighted by Crippen LogP contribution is 2.35. The molecule has 2 aliphatic heterocycles. The molecule has 0 aliphatic carbocycles. The molecule has 29 heavy (non-hydrogen) atoms. The minimum Gasteiger partial charge on any atom is -0.379 e. The monoisotopic (exact) mass is 439 g/mol. The van der Waals surface area contributed by atoms with Gasteiger partial charge in [-0.25, -0.2) is 18.4 Å². The zero-order valence-electron chi connectivity index (χ0n) is 17.3. The molecular weight excluding hydrogens is 410 g/mol. The maximum atomic E-state index is 12.2. The third-order valence-corrected chi connectivity index (χ3v) is 8.80. The summed E-state index contributed by atoms with van der Waals surface area (Å²) in [4.78, 5) is 16.7. The van der Waals surface area contributed by atoms with Crippen LogP contribution in [0.1, 0.15) is 23.2 Å². The molecule has 160 valence electrons. The van der Waals surface area contributed by atoms with E-state index in [-0.39, 0.29) is 5.75 Å². The summed E-state index contributed by atoms with van der Waals surface area (Å²) in [5.41, 5.74) is 1.22. The topological polar surface area (TPSA) is 78.9 Å². The molecule has 10 heteroatoms. The number of hydrogen-bond donors (Lipinski definition) is 0. The highest BCUT2D eigenvalue weighted by Gasteiger charge is 2.28. The van der Waals surface area contributed by atoms with E-state index in [1.165, 1.54) is 10.4 Å². The Bertz CT molecular complexity index is 977. The lowest BCUT2D eigenvalue weighted by Crippen LogP contribution is -2.49. The van der Waals surface area contributed by atoms with Gasteiger partial charge in [-0.2, -0.15) is 4.31 Å². The molecule has 4 heterocycles. The van der Waals surface area contributed by atoms with Crippen molar-refractivity contribution in [3.63, 3.8) is 0 Å². The van der Waals surface area contributed by atoms with Gasteiger partial charge in [0.25, 0.3) is 0 Å². The molecule has 0 radical (unpaired) electrons. The van der Waals surface area contributed by atoms with Crippen molar-refractivity contribution in [1.82, 2.24) is 19.2 Å². The van der Waals surface area contributed by atoms with Gasteiger partial charge in [-0.1, -0.05) is 0 Å². The summed E-state index contributed by atoms with van der Waals surface area (Å²) in [6, 6.07) is 0. The fraction of sp³-hybridized carbons (Fsp3) is 0.684. The number of thiophene rings is 1. The minimum atomic E-state index is -3.14. The van der Waals surface area contributed by atoms with Crippen molar-refractivity contribution < 1.29 is 13.2 Å². The Morgan fingerprint density at radius 1 is 1.03 bits per heavy atom. The van der Waals surface area contributed by atoms with Gasteiger partial charge >= 0.3 is 0 Å². The molecule has 0 amide bonds. The van der Waals surface area contributed by atoms with Crippen molar-refractivity contribution in [3.8, 4) is 0 Å². The van der Waals surface area contributed by atoms with E-state index >= 15 is 0 Å². The van der Waals surface area contributed by atoms with Crippen LogP contribution in [0.5, 0.6) is 0 Å². The number of fused-ring (bicyclic) bond motifs is 1. The third-order valence-electron chi connectivity index (χ3n) is 5.82. The van der Waals surface area contributed by atoms with E-state index in [1.807, 2.05) is 0 Å². The quantitative estimate of drug-likeness (QED) is 0.700. The van der Waals surface area contributed by atoms with Gasteiger partial charge in [0.05, 0.1) is 30.9 Å². The van der Waals surface area contributed by atoms with Crippen molar-refractivity contribution in [1.29, 1.82) is 0 Å². The minimum absolute atomic E-state index is 0.150. The van der Waals surface area contributed by atoms with E-state index in [4.69, 9.17) is 14.7 Å². The van der Waals surface area contributed by atoms with Crippen LogP contribution in [0, 0.1) is 13.8 Å². The number of aromatic nitrogens is 2. The van der Waals surface area contributed by atoms with Crippen LogP contribution >= 0.6 is 11.3 Å². The fourth-order valence-corrected chi connectivity index (χ4v) is 6.02. The summed E-state index contributed by atoms with van der Waals surface area (Å²) in [6.45, 7) is 12.3. The zero-order chi connectivity index (χ0) is 20.6. The second-order valence-electron chi connectivity index (χ2n) is 7.60. The molecule has 0 unspecified atom stereocenters. The number of nitrogens with zero attached hydrogens (tertiary/aromatic N) is 5. The Labute approximate surface area is 176 Å². The molecular formula is C19H29N5O3S2. The highest BCUT2D eigenvalue weighted by molar-refractivity contribution is 7.89. The first-order chi connectivity index (χ1) is 13.9. The van der Waals surface area contributed by atoms with Crippen molar-refractivity contribution in [2.24, 2.45) is 0 Å². The van der Waals surface area contributed by atoms with Crippen LogP contribution in [-0.4, -0.2) is 85.8 Å². The average molecular weight is 440 g/mol. The van der Waals surface area contributed by atoms with Crippen molar-refractivity contribution in [2.45, 2.75) is 27.3 Å². The van der Waals surface area contributed by atoms with Crippen LogP contribution in [0.25, 0.3) is 10.2 Å². The summed E-state index contributed by atoms with van der Waals surface area (Å²) in [5, 5.41) is 1.12. The molecule has 2 aromatic rings. The standard InChI is InChI=1S/C19H29N5O3S2/c1-4-29(25,26)24-7-5-23(6-8-24)18-17-14(2)15(3)28-19(17)21-16(20-18)13-22-9-11-27-12-10-22/h4-13H2,1-3H3. The smallest absolute Gasteiger partial charge is 0.213 e. The molecule has 0 aromatic carbocycles. The Balaban J connectivity index is 1.63. The van der Waals surface area contributed by atoms with Crippen LogP contribution in [-0.2, 0) is 21.3 Å². The van der Waals surface area contributed by atoms with Gasteiger partial charge in [0.15, 0.2) is 0 Å². The predicted octanol–water partition coefficient (Wildman–Crippen LogP) is 1.61. The normalized spacial score (nSPS) is 19.9. The molecule has 0 saturated carbocycles. The molecule has 0 bridgehead atoms. The number of rotatable bonds is 5. The Kier molecular flexibility index (Phi) is 6.08. The Morgan fingerprint density at radius 3 is 2.38 bits per heavy atom. The molecule has 2 saturated heterocycles. The first-order valence-corrected chi connectivity index (χ1v) is 12.6. The number of hydrogen-bond acceptors (Lipinski definition) is 8. The van der Waals surface area contributed by atoms with E-state index in [0.717, 1.165) is 48.2 Å². The molecule has 2 aromatic heterocycles. The lowest BCUT2D eigenvalue weighted by Gasteiger charge is -2.35. The van der Waals surface area contributed by atoms with Gasteiger partial charge in [-0.15, -0.1) is 11.3 Å². The van der Waals surface area contributed by atoms with E-state index < -0.39 is 10.0 Å². The molecule has 2 fully saturated rings.